The van der Waals surface area contributed by atoms with Crippen LogP contribution in [0.5, 0.6) is 0 Å². The van der Waals surface area contributed by atoms with E-state index in [4.69, 9.17) is 0 Å². The molecule has 50 heavy (non-hydrogen) atoms. The van der Waals surface area contributed by atoms with E-state index in [-0.39, 0.29) is 11.4 Å². The molecule has 0 N–H and O–H groups in total. The van der Waals surface area contributed by atoms with Crippen molar-refractivity contribution in [3.05, 3.63) is 131 Å². The van der Waals surface area contributed by atoms with Crippen molar-refractivity contribution in [2.45, 2.75) is 36.5 Å². The maximum Gasteiger partial charge on any atom is 0.416 e. The summed E-state index contributed by atoms with van der Waals surface area (Å²) in [5, 5.41) is 3.06. The standard InChI is InChI=1S/C36H24F6N4O4/c37-35(38,39)21-13-7-15-23(17-21)43-31(47)25-27(19-9-3-1-4-10-19)45-30-26(28(20-11-5-2-6-12-20)46(45)29(25)33(43)49)32(48)44(34(30)50)24-16-8-14-22(18-24)36(40,41)42/h1-18,25-30H/t25-,26-,27-,28+,29+,30-/m0/s1. The highest BCUT2D eigenvalue weighted by atomic mass is 19.4. The predicted octanol–water partition coefficient (Wildman–Crippen LogP) is 6.17. The van der Waals surface area contributed by atoms with Gasteiger partial charge in [-0.05, 0) is 47.5 Å². The van der Waals surface area contributed by atoms with Gasteiger partial charge in [0.1, 0.15) is 12.1 Å². The maximum atomic E-state index is 14.4. The molecule has 254 valence electrons. The van der Waals surface area contributed by atoms with Gasteiger partial charge in [-0.2, -0.15) is 26.3 Å². The second-order valence-electron chi connectivity index (χ2n) is 12.5. The highest BCUT2D eigenvalue weighted by Gasteiger charge is 2.73. The van der Waals surface area contributed by atoms with Crippen LogP contribution in [0.25, 0.3) is 0 Å². The molecule has 0 aliphatic carbocycles. The number of fused-ring (bicyclic) bond motifs is 5. The molecule has 4 amide bonds. The Morgan fingerprint density at radius 1 is 0.420 bits per heavy atom. The second-order valence-corrected chi connectivity index (χ2v) is 12.5. The van der Waals surface area contributed by atoms with E-state index in [1.54, 1.807) is 60.7 Å². The van der Waals surface area contributed by atoms with Gasteiger partial charge in [-0.3, -0.25) is 19.2 Å². The lowest BCUT2D eigenvalue weighted by Gasteiger charge is -2.35. The first-order valence-electron chi connectivity index (χ1n) is 15.6. The van der Waals surface area contributed by atoms with Crippen molar-refractivity contribution in [1.82, 2.24) is 10.0 Å². The molecule has 0 unspecified atom stereocenters. The summed E-state index contributed by atoms with van der Waals surface area (Å²) in [6.45, 7) is 0. The number of alkyl halides is 6. The topological polar surface area (TPSA) is 81.2 Å². The van der Waals surface area contributed by atoms with Crippen LogP contribution in [0.3, 0.4) is 0 Å². The van der Waals surface area contributed by atoms with Gasteiger partial charge in [0.25, 0.3) is 11.8 Å². The summed E-state index contributed by atoms with van der Waals surface area (Å²) in [6.07, 6.45) is -9.50. The lowest BCUT2D eigenvalue weighted by Crippen LogP contribution is -2.50. The smallest absolute Gasteiger partial charge is 0.274 e. The Bertz CT molecular complexity index is 1910. The Morgan fingerprint density at radius 2 is 0.780 bits per heavy atom. The first-order chi connectivity index (χ1) is 23.8. The van der Waals surface area contributed by atoms with Crippen LogP contribution >= 0.6 is 0 Å². The number of benzene rings is 4. The molecule has 6 atom stereocenters. The second kappa shape index (κ2) is 11.1. The summed E-state index contributed by atoms with van der Waals surface area (Å²) in [7, 11) is 0. The minimum atomic E-state index is -4.75. The molecule has 14 heteroatoms. The SMILES string of the molecule is O=C1[C@@H]2[C@@H](C(=O)N1c1cccc(C(F)(F)F)c1)N1[C@@H](c3ccccc3)[C@@H]3C(=O)N(c4cccc(C(F)(F)F)c4)C(=O)[C@@H]3N1[C@@H]2c1ccccc1. The lowest BCUT2D eigenvalue weighted by atomic mass is 9.84. The molecule has 4 fully saturated rings. The van der Waals surface area contributed by atoms with E-state index < -0.39 is 83.1 Å². The number of carbonyl (C=O) groups is 4. The number of carbonyl (C=O) groups excluding carboxylic acids is 4. The zero-order chi connectivity index (χ0) is 35.3. The highest BCUT2D eigenvalue weighted by molar-refractivity contribution is 6.26. The van der Waals surface area contributed by atoms with E-state index in [1.807, 2.05) is 0 Å². The molecule has 0 aromatic heterocycles. The van der Waals surface area contributed by atoms with E-state index in [1.165, 1.54) is 22.2 Å². The Hall–Kier alpha value is -5.34. The minimum absolute atomic E-state index is 0.277. The number of hydrogen-bond acceptors (Lipinski definition) is 6. The molecule has 4 aromatic carbocycles. The zero-order valence-electron chi connectivity index (χ0n) is 25.5. The van der Waals surface area contributed by atoms with Crippen molar-refractivity contribution in [2.75, 3.05) is 9.80 Å². The summed E-state index contributed by atoms with van der Waals surface area (Å²) in [5.74, 6) is -5.71. The fraction of sp³-hybridized carbons (Fsp3) is 0.222. The molecule has 4 aliphatic rings. The molecule has 0 bridgehead atoms. The van der Waals surface area contributed by atoms with Gasteiger partial charge in [0.2, 0.25) is 11.8 Å². The molecule has 0 saturated carbocycles. The number of rotatable bonds is 4. The normalized spacial score (nSPS) is 26.9. The molecule has 4 aliphatic heterocycles. The molecule has 8 nitrogen and oxygen atoms in total. The van der Waals surface area contributed by atoms with E-state index in [9.17, 15) is 45.5 Å². The average molecular weight is 691 g/mol. The lowest BCUT2D eigenvalue weighted by molar-refractivity contribution is -0.138. The highest BCUT2D eigenvalue weighted by Crippen LogP contribution is 2.60. The maximum absolute atomic E-state index is 14.4. The summed E-state index contributed by atoms with van der Waals surface area (Å²) in [5.41, 5.74) is -1.69. The van der Waals surface area contributed by atoms with Crippen LogP contribution in [0, 0.1) is 11.8 Å². The van der Waals surface area contributed by atoms with Crippen LogP contribution in [-0.2, 0) is 31.5 Å². The number of halogens is 6. The number of hydrazine groups is 1. The third-order valence-electron chi connectivity index (χ3n) is 9.87. The van der Waals surface area contributed by atoms with Gasteiger partial charge in [0, 0.05) is 0 Å². The van der Waals surface area contributed by atoms with Crippen molar-refractivity contribution in [1.29, 1.82) is 0 Å². The first kappa shape index (κ1) is 31.9. The quantitative estimate of drug-likeness (QED) is 0.188. The third kappa shape index (κ3) is 4.62. The Labute approximate surface area is 280 Å². The molecular formula is C36H24F6N4O4. The first-order valence-corrected chi connectivity index (χ1v) is 15.6. The van der Waals surface area contributed by atoms with E-state index >= 15 is 0 Å². The largest absolute Gasteiger partial charge is 0.416 e. The third-order valence-corrected chi connectivity index (χ3v) is 9.87. The van der Waals surface area contributed by atoms with Crippen LogP contribution in [0.15, 0.2) is 109 Å². The van der Waals surface area contributed by atoms with Crippen LogP contribution in [0.2, 0.25) is 0 Å². The van der Waals surface area contributed by atoms with Crippen LogP contribution in [0.4, 0.5) is 37.7 Å². The number of nitrogens with zero attached hydrogens (tertiary/aromatic N) is 4. The van der Waals surface area contributed by atoms with Crippen LogP contribution in [0.1, 0.15) is 34.3 Å². The van der Waals surface area contributed by atoms with Gasteiger partial charge >= 0.3 is 12.4 Å². The van der Waals surface area contributed by atoms with E-state index in [2.05, 4.69) is 0 Å². The molecule has 4 saturated heterocycles. The van der Waals surface area contributed by atoms with Crippen molar-refractivity contribution < 1.29 is 45.5 Å². The summed E-state index contributed by atoms with van der Waals surface area (Å²) >= 11 is 0. The molecule has 4 heterocycles. The van der Waals surface area contributed by atoms with Crippen LogP contribution in [-0.4, -0.2) is 45.7 Å². The van der Waals surface area contributed by atoms with Crippen molar-refractivity contribution in [3.8, 4) is 0 Å². The van der Waals surface area contributed by atoms with E-state index in [0.717, 1.165) is 46.2 Å². The van der Waals surface area contributed by atoms with Gasteiger partial charge in [0.05, 0.1) is 46.4 Å². The molecule has 0 radical (unpaired) electrons. The van der Waals surface area contributed by atoms with Gasteiger partial charge in [-0.25, -0.2) is 19.8 Å². The number of imide groups is 2. The van der Waals surface area contributed by atoms with Crippen molar-refractivity contribution >= 4 is 35.0 Å². The van der Waals surface area contributed by atoms with Gasteiger partial charge in [0.15, 0.2) is 0 Å². The fourth-order valence-corrected chi connectivity index (χ4v) is 7.95. The van der Waals surface area contributed by atoms with Crippen LogP contribution < -0.4 is 9.80 Å². The fourth-order valence-electron chi connectivity index (χ4n) is 7.95. The summed E-state index contributed by atoms with van der Waals surface area (Å²) in [6, 6.07) is 19.8. The number of hydrogen-bond donors (Lipinski definition) is 0. The number of anilines is 2. The Morgan fingerprint density at radius 3 is 1.12 bits per heavy atom. The van der Waals surface area contributed by atoms with Gasteiger partial charge in [-0.1, -0.05) is 72.8 Å². The van der Waals surface area contributed by atoms with Gasteiger partial charge < -0.3 is 0 Å². The Balaban J connectivity index is 1.29. The van der Waals surface area contributed by atoms with Crippen molar-refractivity contribution in [3.63, 3.8) is 0 Å². The van der Waals surface area contributed by atoms with Crippen molar-refractivity contribution in [2.24, 2.45) is 11.8 Å². The molecule has 0 spiro atoms. The average Bonchev–Trinajstić information content (AvgIpc) is 3.76. The minimum Gasteiger partial charge on any atom is -0.274 e. The predicted molar refractivity (Wildman–Crippen MR) is 164 cm³/mol. The molecule has 8 rings (SSSR count). The monoisotopic (exact) mass is 690 g/mol. The zero-order valence-corrected chi connectivity index (χ0v) is 25.5. The number of amides is 4. The molecular weight excluding hydrogens is 666 g/mol. The van der Waals surface area contributed by atoms with Gasteiger partial charge in [-0.15, -0.1) is 0 Å². The summed E-state index contributed by atoms with van der Waals surface area (Å²) < 4.78 is 82.1. The Kier molecular flexibility index (Phi) is 7.07. The summed E-state index contributed by atoms with van der Waals surface area (Å²) in [4.78, 5) is 59.1. The molecule has 4 aromatic rings. The van der Waals surface area contributed by atoms with E-state index in [0.29, 0.717) is 11.1 Å².